The van der Waals surface area contributed by atoms with E-state index in [1.54, 1.807) is 19.2 Å². The number of nitrogens with zero attached hydrogens (tertiary/aromatic N) is 1. The molecular formula is C31H43N3O6S. The molecule has 3 amide bonds. The van der Waals surface area contributed by atoms with Gasteiger partial charge in [0.1, 0.15) is 17.5 Å². The number of hydrogen-bond acceptors (Lipinski definition) is 7. The van der Waals surface area contributed by atoms with Gasteiger partial charge in [0, 0.05) is 10.3 Å². The van der Waals surface area contributed by atoms with Crippen LogP contribution in [0.1, 0.15) is 51.3 Å². The summed E-state index contributed by atoms with van der Waals surface area (Å²) >= 11 is 1.47. The third-order valence-corrected chi connectivity index (χ3v) is 8.30. The molecule has 3 N–H and O–H groups in total. The van der Waals surface area contributed by atoms with Gasteiger partial charge in [0.15, 0.2) is 12.7 Å². The Kier molecular flexibility index (Phi) is 10.4. The van der Waals surface area contributed by atoms with Crippen LogP contribution in [0, 0.1) is 13.8 Å². The Balaban J connectivity index is 1.83. The molecule has 0 unspecified atom stereocenters. The second-order valence-corrected chi connectivity index (χ2v) is 13.6. The molecule has 1 fully saturated rings. The number of hydrogen-bond donors (Lipinski definition) is 3. The van der Waals surface area contributed by atoms with E-state index in [1.165, 1.54) is 16.7 Å². The number of benzene rings is 2. The minimum atomic E-state index is -1.60. The maximum atomic E-state index is 13.8. The van der Waals surface area contributed by atoms with Gasteiger partial charge in [-0.25, -0.2) is 0 Å². The first kappa shape index (κ1) is 32.3. The lowest BCUT2D eigenvalue weighted by atomic mass is 9.96. The van der Waals surface area contributed by atoms with Crippen molar-refractivity contribution in [1.29, 1.82) is 0 Å². The lowest BCUT2D eigenvalue weighted by Gasteiger charge is -2.35. The summed E-state index contributed by atoms with van der Waals surface area (Å²) in [5.41, 5.74) is 2.10. The summed E-state index contributed by atoms with van der Waals surface area (Å²) in [6, 6.07) is 11.1. The number of para-hydroxylation sites is 1. The smallest absolute Gasteiger partial charge is 0.258 e. The fourth-order valence-electron chi connectivity index (χ4n) is 4.86. The van der Waals surface area contributed by atoms with Gasteiger partial charge in [-0.05, 0) is 83.7 Å². The molecule has 0 bridgehead atoms. The van der Waals surface area contributed by atoms with Gasteiger partial charge in [0.05, 0.1) is 19.0 Å². The number of ether oxygens (including phenoxy) is 2. The van der Waals surface area contributed by atoms with Crippen molar-refractivity contribution in [1.82, 2.24) is 15.5 Å². The van der Waals surface area contributed by atoms with Gasteiger partial charge in [-0.3, -0.25) is 14.4 Å². The molecule has 0 spiro atoms. The zero-order valence-electron chi connectivity index (χ0n) is 25.2. The van der Waals surface area contributed by atoms with Gasteiger partial charge in [0.2, 0.25) is 5.91 Å². The van der Waals surface area contributed by atoms with Crippen LogP contribution in [0.4, 0.5) is 0 Å². The average Bonchev–Trinajstić information content (AvgIpc) is 3.21. The zero-order chi connectivity index (χ0) is 30.5. The van der Waals surface area contributed by atoms with Crippen LogP contribution in [0.15, 0.2) is 42.5 Å². The summed E-state index contributed by atoms with van der Waals surface area (Å²) in [6.45, 7) is 13.0. The van der Waals surface area contributed by atoms with E-state index in [0.29, 0.717) is 11.5 Å². The van der Waals surface area contributed by atoms with Crippen molar-refractivity contribution in [3.63, 3.8) is 0 Å². The molecule has 0 aliphatic carbocycles. The predicted octanol–water partition coefficient (Wildman–Crippen LogP) is 3.37. The molecule has 0 aromatic heterocycles. The maximum absolute atomic E-state index is 13.8. The van der Waals surface area contributed by atoms with Crippen molar-refractivity contribution in [2.75, 3.05) is 19.6 Å². The second kappa shape index (κ2) is 13.2. The van der Waals surface area contributed by atoms with Gasteiger partial charge < -0.3 is 30.1 Å². The maximum Gasteiger partial charge on any atom is 0.258 e. The van der Waals surface area contributed by atoms with Gasteiger partial charge in [0.25, 0.3) is 11.8 Å². The Bertz CT molecular complexity index is 1220. The zero-order valence-corrected chi connectivity index (χ0v) is 26.1. The Labute approximate surface area is 247 Å². The number of aliphatic hydroxyl groups excluding tert-OH is 1. The number of aliphatic hydroxyl groups is 1. The van der Waals surface area contributed by atoms with E-state index in [9.17, 15) is 19.5 Å². The summed E-state index contributed by atoms with van der Waals surface area (Å²) < 4.78 is 10.5. The standard InChI is InChI=1S/C31H43N3O6S/c1-19-10-9-11-20(2)26(19)40-17-24(35)32-23(16-21-12-14-22(39-8)15-13-21)25(36)29(38)34-18-41-31(6,7)27(34)28(37)33-30(3,4)5/h9-15,23,25,27,36H,16-18H2,1-8H3,(H,32,35)(H,33,37)/t23-,25-,27+/m0/s1. The molecule has 0 radical (unpaired) electrons. The van der Waals surface area contributed by atoms with E-state index < -0.39 is 40.3 Å². The number of nitrogens with one attached hydrogen (secondary N) is 2. The van der Waals surface area contributed by atoms with Crippen LogP contribution in [0.3, 0.4) is 0 Å². The van der Waals surface area contributed by atoms with Crippen LogP contribution < -0.4 is 20.1 Å². The van der Waals surface area contributed by atoms with Crippen LogP contribution >= 0.6 is 11.8 Å². The van der Waals surface area contributed by atoms with E-state index in [1.807, 2.05) is 78.8 Å². The molecule has 41 heavy (non-hydrogen) atoms. The first-order chi connectivity index (χ1) is 19.1. The fraction of sp³-hybridized carbons (Fsp3) is 0.516. The molecule has 224 valence electrons. The van der Waals surface area contributed by atoms with Crippen LogP contribution in [-0.2, 0) is 20.8 Å². The van der Waals surface area contributed by atoms with Gasteiger partial charge in [-0.15, -0.1) is 11.8 Å². The molecular weight excluding hydrogens is 542 g/mol. The highest BCUT2D eigenvalue weighted by Crippen LogP contribution is 2.40. The normalized spacial score (nSPS) is 17.9. The number of aryl methyl sites for hydroxylation is 2. The van der Waals surface area contributed by atoms with Crippen molar-refractivity contribution in [2.45, 2.75) is 83.4 Å². The lowest BCUT2D eigenvalue weighted by Crippen LogP contribution is -2.60. The molecule has 10 heteroatoms. The number of amides is 3. The molecule has 1 aliphatic rings. The van der Waals surface area contributed by atoms with E-state index >= 15 is 0 Å². The highest BCUT2D eigenvalue weighted by atomic mass is 32.2. The predicted molar refractivity (Wildman–Crippen MR) is 161 cm³/mol. The van der Waals surface area contributed by atoms with Crippen LogP contribution in [0.25, 0.3) is 0 Å². The van der Waals surface area contributed by atoms with Crippen LogP contribution in [0.2, 0.25) is 0 Å². The largest absolute Gasteiger partial charge is 0.497 e. The summed E-state index contributed by atoms with van der Waals surface area (Å²) in [7, 11) is 1.57. The number of methoxy groups -OCH3 is 1. The Hall–Kier alpha value is -3.24. The number of rotatable bonds is 10. The van der Waals surface area contributed by atoms with Gasteiger partial charge in [-0.2, -0.15) is 0 Å². The van der Waals surface area contributed by atoms with E-state index in [2.05, 4.69) is 10.6 Å². The lowest BCUT2D eigenvalue weighted by molar-refractivity contribution is -0.148. The summed E-state index contributed by atoms with van der Waals surface area (Å²) in [4.78, 5) is 41.5. The molecule has 1 saturated heterocycles. The molecule has 9 nitrogen and oxygen atoms in total. The van der Waals surface area contributed by atoms with Crippen molar-refractivity contribution in [3.8, 4) is 11.5 Å². The van der Waals surface area contributed by atoms with Crippen molar-refractivity contribution in [2.24, 2.45) is 0 Å². The minimum Gasteiger partial charge on any atom is -0.497 e. The van der Waals surface area contributed by atoms with E-state index in [4.69, 9.17) is 9.47 Å². The third-order valence-electron chi connectivity index (χ3n) is 6.93. The van der Waals surface area contributed by atoms with Crippen molar-refractivity contribution < 1.29 is 29.0 Å². The van der Waals surface area contributed by atoms with Crippen molar-refractivity contribution >= 4 is 29.5 Å². The monoisotopic (exact) mass is 585 g/mol. The third kappa shape index (κ3) is 8.39. The molecule has 1 heterocycles. The molecule has 0 saturated carbocycles. The fourth-order valence-corrected chi connectivity index (χ4v) is 6.00. The number of carbonyl (C=O) groups is 3. The van der Waals surface area contributed by atoms with E-state index in [-0.39, 0.29) is 24.8 Å². The average molecular weight is 586 g/mol. The Morgan fingerprint density at radius 2 is 1.71 bits per heavy atom. The van der Waals surface area contributed by atoms with Crippen molar-refractivity contribution in [3.05, 3.63) is 59.2 Å². The molecule has 1 aliphatic heterocycles. The van der Waals surface area contributed by atoms with E-state index in [0.717, 1.165) is 16.7 Å². The van der Waals surface area contributed by atoms with Gasteiger partial charge in [-0.1, -0.05) is 30.3 Å². The first-order valence-electron chi connectivity index (χ1n) is 13.7. The molecule has 2 aromatic rings. The highest BCUT2D eigenvalue weighted by molar-refractivity contribution is 8.00. The topological polar surface area (TPSA) is 117 Å². The Morgan fingerprint density at radius 1 is 1.10 bits per heavy atom. The minimum absolute atomic E-state index is 0.176. The molecule has 3 rings (SSSR count). The summed E-state index contributed by atoms with van der Waals surface area (Å²) in [5, 5.41) is 17.2. The van der Waals surface area contributed by atoms with Crippen LogP contribution in [-0.4, -0.2) is 75.8 Å². The first-order valence-corrected chi connectivity index (χ1v) is 14.7. The van der Waals surface area contributed by atoms with Crippen LogP contribution in [0.5, 0.6) is 11.5 Å². The number of carbonyl (C=O) groups excluding carboxylic acids is 3. The van der Waals surface area contributed by atoms with Gasteiger partial charge >= 0.3 is 0 Å². The number of thioether (sulfide) groups is 1. The summed E-state index contributed by atoms with van der Waals surface area (Å²) in [6.07, 6.45) is -1.42. The Morgan fingerprint density at radius 3 is 2.27 bits per heavy atom. The molecule has 3 atom stereocenters. The SMILES string of the molecule is COc1ccc(C[C@H](NC(=O)COc2c(C)cccc2C)[C@H](O)C(=O)N2CSC(C)(C)[C@H]2C(=O)NC(C)(C)C)cc1. The molecule has 2 aromatic carbocycles. The highest BCUT2D eigenvalue weighted by Gasteiger charge is 2.50. The quantitative estimate of drug-likeness (QED) is 0.391. The second-order valence-electron chi connectivity index (χ2n) is 12.0. The summed E-state index contributed by atoms with van der Waals surface area (Å²) in [5.74, 6) is 0.143.